The fourth-order valence-electron chi connectivity index (χ4n) is 0.727. The normalized spacial score (nSPS) is 14.4. The van der Waals surface area contributed by atoms with Gasteiger partial charge in [-0.05, 0) is 11.3 Å². The number of rotatable bonds is 3. The van der Waals surface area contributed by atoms with Crippen molar-refractivity contribution in [1.29, 1.82) is 0 Å². The molecule has 0 spiro atoms. The predicted octanol–water partition coefficient (Wildman–Crippen LogP) is 2.87. The van der Waals surface area contributed by atoms with E-state index in [0.29, 0.717) is 12.5 Å². The van der Waals surface area contributed by atoms with E-state index in [-0.39, 0.29) is 17.3 Å². The van der Waals surface area contributed by atoms with E-state index in [1.54, 1.807) is 0 Å². The van der Waals surface area contributed by atoms with E-state index < -0.39 is 0 Å². The zero-order valence-electron chi connectivity index (χ0n) is 9.68. The van der Waals surface area contributed by atoms with Crippen LogP contribution in [0.1, 0.15) is 41.5 Å². The number of carbonyl (C=O) groups excluding carboxylic acids is 1. The van der Waals surface area contributed by atoms with Crippen LogP contribution in [0.2, 0.25) is 0 Å². The van der Waals surface area contributed by atoms with Crippen molar-refractivity contribution in [3.8, 4) is 0 Å². The minimum absolute atomic E-state index is 0.00589. The van der Waals surface area contributed by atoms with Gasteiger partial charge in [-0.2, -0.15) is 0 Å². The monoisotopic (exact) mass is 186 g/mol. The van der Waals surface area contributed by atoms with Crippen molar-refractivity contribution in [2.24, 2.45) is 17.3 Å². The largest absolute Gasteiger partial charge is 0.465 e. The highest BCUT2D eigenvalue weighted by Crippen LogP contribution is 2.26. The molecule has 1 unspecified atom stereocenters. The lowest BCUT2D eigenvalue weighted by Gasteiger charge is -2.25. The minimum Gasteiger partial charge on any atom is -0.465 e. The van der Waals surface area contributed by atoms with E-state index >= 15 is 0 Å². The number of hydrogen-bond donors (Lipinski definition) is 0. The average molecular weight is 186 g/mol. The summed E-state index contributed by atoms with van der Waals surface area (Å²) in [6.45, 7) is 12.7. The Balaban J connectivity index is 3.98. The molecule has 0 fully saturated rings. The maximum atomic E-state index is 11.5. The van der Waals surface area contributed by atoms with Crippen molar-refractivity contribution >= 4 is 5.97 Å². The first kappa shape index (κ1) is 12.5. The van der Waals surface area contributed by atoms with Crippen LogP contribution in [0.5, 0.6) is 0 Å². The minimum atomic E-state index is -0.0822. The van der Waals surface area contributed by atoms with Crippen LogP contribution in [0.4, 0.5) is 0 Å². The molecule has 0 aliphatic heterocycles. The fourth-order valence-corrected chi connectivity index (χ4v) is 0.727. The number of hydrogen-bond acceptors (Lipinski definition) is 2. The second-order valence-electron chi connectivity index (χ2n) is 5.11. The van der Waals surface area contributed by atoms with Gasteiger partial charge in [0.1, 0.15) is 0 Å². The SMILES string of the molecule is CC(C)COC(=O)C(C)C(C)(C)C. The summed E-state index contributed by atoms with van der Waals surface area (Å²) < 4.78 is 5.15. The molecule has 0 aliphatic carbocycles. The third kappa shape index (κ3) is 4.91. The first-order valence-corrected chi connectivity index (χ1v) is 4.91. The Kier molecular flexibility index (Phi) is 4.45. The Hall–Kier alpha value is -0.530. The molecule has 0 bridgehead atoms. The molecule has 0 aromatic carbocycles. The quantitative estimate of drug-likeness (QED) is 0.633. The summed E-state index contributed by atoms with van der Waals surface area (Å²) in [6.07, 6.45) is 0. The molecule has 0 aromatic rings. The molecule has 2 heteroatoms. The van der Waals surface area contributed by atoms with Gasteiger partial charge in [0.25, 0.3) is 0 Å². The highest BCUT2D eigenvalue weighted by atomic mass is 16.5. The molecular formula is C11H22O2. The summed E-state index contributed by atoms with van der Waals surface area (Å²) in [5, 5.41) is 0. The van der Waals surface area contributed by atoms with Crippen LogP contribution >= 0.6 is 0 Å². The van der Waals surface area contributed by atoms with E-state index in [2.05, 4.69) is 0 Å². The molecule has 1 atom stereocenters. The second kappa shape index (κ2) is 4.64. The molecule has 0 saturated heterocycles. The summed E-state index contributed by atoms with van der Waals surface area (Å²) in [5.74, 6) is 0.295. The fraction of sp³-hybridized carbons (Fsp3) is 0.909. The first-order chi connectivity index (χ1) is 5.75. The Morgan fingerprint density at radius 3 is 2.00 bits per heavy atom. The lowest BCUT2D eigenvalue weighted by Crippen LogP contribution is -2.28. The molecule has 0 rings (SSSR count). The first-order valence-electron chi connectivity index (χ1n) is 4.91. The van der Waals surface area contributed by atoms with E-state index in [9.17, 15) is 4.79 Å². The van der Waals surface area contributed by atoms with E-state index in [4.69, 9.17) is 4.74 Å². The highest BCUT2D eigenvalue weighted by Gasteiger charge is 2.27. The van der Waals surface area contributed by atoms with Crippen molar-refractivity contribution in [3.05, 3.63) is 0 Å². The van der Waals surface area contributed by atoms with Crippen LogP contribution < -0.4 is 0 Å². The highest BCUT2D eigenvalue weighted by molar-refractivity contribution is 5.72. The van der Waals surface area contributed by atoms with Gasteiger partial charge in [-0.25, -0.2) is 0 Å². The van der Waals surface area contributed by atoms with Crippen LogP contribution in [-0.4, -0.2) is 12.6 Å². The summed E-state index contributed by atoms with van der Waals surface area (Å²) in [6, 6.07) is 0. The van der Waals surface area contributed by atoms with Gasteiger partial charge < -0.3 is 4.74 Å². The van der Waals surface area contributed by atoms with Crippen molar-refractivity contribution in [1.82, 2.24) is 0 Å². The Morgan fingerprint density at radius 1 is 1.23 bits per heavy atom. The Labute approximate surface area is 81.7 Å². The van der Waals surface area contributed by atoms with Crippen LogP contribution in [0, 0.1) is 17.3 Å². The van der Waals surface area contributed by atoms with Gasteiger partial charge in [-0.3, -0.25) is 4.79 Å². The molecule has 0 radical (unpaired) electrons. The van der Waals surface area contributed by atoms with Crippen LogP contribution in [0.3, 0.4) is 0 Å². The number of esters is 1. The third-order valence-electron chi connectivity index (χ3n) is 2.21. The maximum Gasteiger partial charge on any atom is 0.309 e. The Bertz CT molecular complexity index is 165. The van der Waals surface area contributed by atoms with E-state index in [1.807, 2.05) is 41.5 Å². The van der Waals surface area contributed by atoms with Gasteiger partial charge in [0.2, 0.25) is 0 Å². The molecule has 0 heterocycles. The summed E-state index contributed by atoms with van der Waals surface area (Å²) in [4.78, 5) is 11.5. The second-order valence-corrected chi connectivity index (χ2v) is 5.11. The van der Waals surface area contributed by atoms with Crippen molar-refractivity contribution in [3.63, 3.8) is 0 Å². The van der Waals surface area contributed by atoms with Gasteiger partial charge in [0.05, 0.1) is 12.5 Å². The molecule has 0 saturated carbocycles. The third-order valence-corrected chi connectivity index (χ3v) is 2.21. The summed E-state index contributed by atoms with van der Waals surface area (Å²) in [7, 11) is 0. The topological polar surface area (TPSA) is 26.3 Å². The molecule has 78 valence electrons. The van der Waals surface area contributed by atoms with Gasteiger partial charge in [0, 0.05) is 0 Å². The molecule has 0 N–H and O–H groups in total. The number of ether oxygens (including phenoxy) is 1. The molecular weight excluding hydrogens is 164 g/mol. The van der Waals surface area contributed by atoms with Crippen molar-refractivity contribution < 1.29 is 9.53 Å². The smallest absolute Gasteiger partial charge is 0.309 e. The van der Waals surface area contributed by atoms with Crippen LogP contribution in [0.15, 0.2) is 0 Å². The molecule has 0 amide bonds. The average Bonchev–Trinajstić information content (AvgIpc) is 1.96. The van der Waals surface area contributed by atoms with Gasteiger partial charge in [-0.15, -0.1) is 0 Å². The molecule has 0 aliphatic rings. The van der Waals surface area contributed by atoms with Crippen molar-refractivity contribution in [2.75, 3.05) is 6.61 Å². The Morgan fingerprint density at radius 2 is 1.69 bits per heavy atom. The summed E-state index contributed by atoms with van der Waals surface area (Å²) >= 11 is 0. The zero-order valence-corrected chi connectivity index (χ0v) is 9.68. The standard InChI is InChI=1S/C11H22O2/c1-8(2)7-13-10(12)9(3)11(4,5)6/h8-9H,7H2,1-6H3. The molecule has 0 aromatic heterocycles. The zero-order chi connectivity index (χ0) is 10.6. The molecule has 2 nitrogen and oxygen atoms in total. The number of carbonyl (C=O) groups is 1. The van der Waals surface area contributed by atoms with Crippen molar-refractivity contribution in [2.45, 2.75) is 41.5 Å². The lowest BCUT2D eigenvalue weighted by atomic mass is 9.82. The van der Waals surface area contributed by atoms with Crippen LogP contribution in [-0.2, 0) is 9.53 Å². The predicted molar refractivity (Wildman–Crippen MR) is 54.4 cm³/mol. The van der Waals surface area contributed by atoms with Crippen LogP contribution in [0.25, 0.3) is 0 Å². The van der Waals surface area contributed by atoms with Gasteiger partial charge in [-0.1, -0.05) is 41.5 Å². The summed E-state index contributed by atoms with van der Waals surface area (Å²) in [5.41, 5.74) is -0.00589. The van der Waals surface area contributed by atoms with E-state index in [1.165, 1.54) is 0 Å². The van der Waals surface area contributed by atoms with Gasteiger partial charge in [0.15, 0.2) is 0 Å². The van der Waals surface area contributed by atoms with E-state index in [0.717, 1.165) is 0 Å². The lowest BCUT2D eigenvalue weighted by molar-refractivity contribution is -0.152. The maximum absolute atomic E-state index is 11.5. The van der Waals surface area contributed by atoms with Gasteiger partial charge >= 0.3 is 5.97 Å². The molecule has 13 heavy (non-hydrogen) atoms.